The van der Waals surface area contributed by atoms with E-state index < -0.39 is 9.84 Å². The molecule has 1 atom stereocenters. The third-order valence-electron chi connectivity index (χ3n) is 6.67. The minimum atomic E-state index is -3.29. The zero-order valence-corrected chi connectivity index (χ0v) is 17.6. The van der Waals surface area contributed by atoms with E-state index in [-0.39, 0.29) is 11.8 Å². The van der Waals surface area contributed by atoms with E-state index >= 15 is 0 Å². The fourth-order valence-corrected chi connectivity index (χ4v) is 6.72. The van der Waals surface area contributed by atoms with E-state index in [1.807, 2.05) is 36.4 Å². The average Bonchev–Trinajstić information content (AvgIpc) is 2.74. The summed E-state index contributed by atoms with van der Waals surface area (Å²) in [5.74, 6) is 0.282. The number of quaternary nitrogens is 2. The molecule has 4 nitrogen and oxygen atoms in total. The van der Waals surface area contributed by atoms with Crippen LogP contribution in [-0.2, 0) is 9.84 Å². The molecule has 2 fully saturated rings. The van der Waals surface area contributed by atoms with Gasteiger partial charge in [-0.2, -0.15) is 0 Å². The molecule has 152 valence electrons. The molecule has 0 amide bonds. The van der Waals surface area contributed by atoms with Gasteiger partial charge in [0.15, 0.2) is 15.9 Å². The maximum atomic E-state index is 13.3. The standard InChI is InChI=1S/C23H32N2O2S/c26-28(27,23-12-11-20-9-3-4-10-21(20)17-23)19-22(25-15-7-2-8-16-25)18-24-13-5-1-6-14-24/h3-4,9-12,17,22H,1-2,5-8,13-16,18-19H2/p+2/t22-/m0/s1. The lowest BCUT2D eigenvalue weighted by Crippen LogP contribution is -3.24. The van der Waals surface area contributed by atoms with Crippen molar-refractivity contribution in [1.29, 1.82) is 0 Å². The van der Waals surface area contributed by atoms with Gasteiger partial charge in [0.25, 0.3) is 0 Å². The molecule has 2 aliphatic rings. The molecule has 0 spiro atoms. The summed E-state index contributed by atoms with van der Waals surface area (Å²) in [6.07, 6.45) is 7.67. The molecule has 2 heterocycles. The minimum Gasteiger partial charge on any atom is -0.330 e. The van der Waals surface area contributed by atoms with E-state index in [1.165, 1.54) is 56.5 Å². The predicted octanol–water partition coefficient (Wildman–Crippen LogP) is 1.12. The van der Waals surface area contributed by atoms with Crippen LogP contribution in [0.15, 0.2) is 47.4 Å². The van der Waals surface area contributed by atoms with E-state index in [0.717, 1.165) is 30.4 Å². The first-order chi connectivity index (χ1) is 13.6. The molecule has 2 N–H and O–H groups in total. The molecule has 4 rings (SSSR count). The highest BCUT2D eigenvalue weighted by molar-refractivity contribution is 7.91. The molecule has 2 saturated heterocycles. The van der Waals surface area contributed by atoms with E-state index in [2.05, 4.69) is 0 Å². The van der Waals surface area contributed by atoms with Crippen molar-refractivity contribution in [2.24, 2.45) is 0 Å². The van der Waals surface area contributed by atoms with E-state index in [1.54, 1.807) is 11.0 Å². The molecule has 0 radical (unpaired) electrons. The lowest BCUT2D eigenvalue weighted by atomic mass is 10.1. The second-order valence-electron chi connectivity index (χ2n) is 8.72. The van der Waals surface area contributed by atoms with Crippen LogP contribution in [0.5, 0.6) is 0 Å². The van der Waals surface area contributed by atoms with Crippen LogP contribution >= 0.6 is 0 Å². The topological polar surface area (TPSA) is 43.0 Å². The highest BCUT2D eigenvalue weighted by atomic mass is 32.2. The summed E-state index contributed by atoms with van der Waals surface area (Å²) in [7, 11) is -3.29. The molecule has 5 heteroatoms. The number of hydrogen-bond acceptors (Lipinski definition) is 2. The third-order valence-corrected chi connectivity index (χ3v) is 8.48. The number of nitrogens with one attached hydrogen (secondary N) is 2. The highest BCUT2D eigenvalue weighted by Gasteiger charge is 2.34. The molecule has 0 saturated carbocycles. The summed E-state index contributed by atoms with van der Waals surface area (Å²) in [6.45, 7) is 5.68. The highest BCUT2D eigenvalue weighted by Crippen LogP contribution is 2.20. The number of benzene rings is 2. The Hall–Kier alpha value is -1.43. The first-order valence-electron chi connectivity index (χ1n) is 11.0. The Labute approximate surface area is 169 Å². The second kappa shape index (κ2) is 8.93. The van der Waals surface area contributed by atoms with Gasteiger partial charge in [-0.05, 0) is 61.4 Å². The van der Waals surface area contributed by atoms with Gasteiger partial charge in [0.2, 0.25) is 0 Å². The van der Waals surface area contributed by atoms with Crippen molar-refractivity contribution in [3.8, 4) is 0 Å². The van der Waals surface area contributed by atoms with Gasteiger partial charge in [-0.3, -0.25) is 0 Å². The minimum absolute atomic E-state index is 0.213. The van der Waals surface area contributed by atoms with Crippen molar-refractivity contribution >= 4 is 20.6 Å². The van der Waals surface area contributed by atoms with Crippen LogP contribution in [0.1, 0.15) is 38.5 Å². The zero-order chi connectivity index (χ0) is 19.4. The second-order valence-corrected chi connectivity index (χ2v) is 10.8. The summed E-state index contributed by atoms with van der Waals surface area (Å²) in [6, 6.07) is 13.8. The number of fused-ring (bicyclic) bond motifs is 1. The van der Waals surface area contributed by atoms with Crippen LogP contribution in [-0.4, -0.2) is 52.9 Å². The first kappa shape index (κ1) is 19.9. The SMILES string of the molecule is O=S(=O)(C[C@H](C[NH+]1CCCCC1)[NH+]1CCCCC1)c1ccc2ccccc2c1. The summed E-state index contributed by atoms with van der Waals surface area (Å²) in [5, 5.41) is 2.10. The monoisotopic (exact) mass is 402 g/mol. The van der Waals surface area contributed by atoms with Crippen LogP contribution in [0.4, 0.5) is 0 Å². The zero-order valence-electron chi connectivity index (χ0n) is 16.8. The van der Waals surface area contributed by atoms with Crippen LogP contribution in [0.3, 0.4) is 0 Å². The Morgan fingerprint density at radius 1 is 0.786 bits per heavy atom. The van der Waals surface area contributed by atoms with Crippen molar-refractivity contribution in [2.45, 2.75) is 49.5 Å². The fourth-order valence-electron chi connectivity index (χ4n) is 5.06. The van der Waals surface area contributed by atoms with Crippen molar-refractivity contribution in [1.82, 2.24) is 0 Å². The van der Waals surface area contributed by atoms with E-state index in [0.29, 0.717) is 4.90 Å². The number of likely N-dealkylation sites (tertiary alicyclic amines) is 2. The lowest BCUT2D eigenvalue weighted by Gasteiger charge is -2.34. The van der Waals surface area contributed by atoms with Crippen LogP contribution in [0, 0.1) is 0 Å². The van der Waals surface area contributed by atoms with Crippen molar-refractivity contribution < 1.29 is 18.2 Å². The average molecular weight is 403 g/mol. The summed E-state index contributed by atoms with van der Waals surface area (Å²) < 4.78 is 26.7. The van der Waals surface area contributed by atoms with E-state index in [4.69, 9.17) is 0 Å². The Balaban J connectivity index is 1.55. The Bertz CT molecular complexity index is 884. The largest absolute Gasteiger partial charge is 0.330 e. The van der Waals surface area contributed by atoms with Gasteiger partial charge in [0.05, 0.1) is 31.1 Å². The van der Waals surface area contributed by atoms with Crippen LogP contribution in [0.25, 0.3) is 10.8 Å². The maximum Gasteiger partial charge on any atom is 0.184 e. The van der Waals surface area contributed by atoms with Gasteiger partial charge in [-0.15, -0.1) is 0 Å². The van der Waals surface area contributed by atoms with Crippen molar-refractivity contribution in [3.05, 3.63) is 42.5 Å². The van der Waals surface area contributed by atoms with Gasteiger partial charge in [-0.1, -0.05) is 30.3 Å². The van der Waals surface area contributed by atoms with Crippen LogP contribution < -0.4 is 9.80 Å². The van der Waals surface area contributed by atoms with Gasteiger partial charge in [0, 0.05) is 0 Å². The number of sulfone groups is 1. The predicted molar refractivity (Wildman–Crippen MR) is 114 cm³/mol. The number of hydrogen-bond donors (Lipinski definition) is 2. The van der Waals surface area contributed by atoms with E-state index in [9.17, 15) is 8.42 Å². The van der Waals surface area contributed by atoms with Gasteiger partial charge < -0.3 is 9.80 Å². The Kier molecular flexibility index (Phi) is 6.34. The molecule has 0 bridgehead atoms. The molecule has 0 aromatic heterocycles. The number of rotatable bonds is 6. The molecule has 2 aromatic carbocycles. The molecule has 0 aliphatic carbocycles. The quantitative estimate of drug-likeness (QED) is 0.761. The van der Waals surface area contributed by atoms with Gasteiger partial charge in [0.1, 0.15) is 12.3 Å². The molecule has 2 aliphatic heterocycles. The molecule has 28 heavy (non-hydrogen) atoms. The molecule has 2 aromatic rings. The molecular weight excluding hydrogens is 368 g/mol. The van der Waals surface area contributed by atoms with Gasteiger partial charge in [-0.25, -0.2) is 8.42 Å². The molecular formula is C23H34N2O2S+2. The fraction of sp³-hybridized carbons (Fsp3) is 0.565. The normalized spacial score (nSPS) is 21.0. The van der Waals surface area contributed by atoms with Gasteiger partial charge >= 0.3 is 0 Å². The number of piperidine rings is 2. The summed E-state index contributed by atoms with van der Waals surface area (Å²) >= 11 is 0. The maximum absolute atomic E-state index is 13.3. The summed E-state index contributed by atoms with van der Waals surface area (Å²) in [5.41, 5.74) is 0. The Morgan fingerprint density at radius 2 is 1.43 bits per heavy atom. The lowest BCUT2D eigenvalue weighted by molar-refractivity contribution is -0.979. The summed E-state index contributed by atoms with van der Waals surface area (Å²) in [4.78, 5) is 3.62. The van der Waals surface area contributed by atoms with Crippen LogP contribution in [0.2, 0.25) is 0 Å². The molecule has 0 unspecified atom stereocenters. The smallest absolute Gasteiger partial charge is 0.184 e. The third kappa shape index (κ3) is 4.76. The first-order valence-corrected chi connectivity index (χ1v) is 12.7. The van der Waals surface area contributed by atoms with Crippen molar-refractivity contribution in [2.75, 3.05) is 38.5 Å². The van der Waals surface area contributed by atoms with Crippen molar-refractivity contribution in [3.63, 3.8) is 0 Å². The Morgan fingerprint density at radius 3 is 2.14 bits per heavy atom.